The van der Waals surface area contributed by atoms with Gasteiger partial charge in [0.25, 0.3) is 0 Å². The Hall–Kier alpha value is 0.440. The predicted molar refractivity (Wildman–Crippen MR) is 51.0 cm³/mol. The minimum absolute atomic E-state index is 0.823. The molecule has 1 N–H and O–H groups in total. The zero-order valence-corrected chi connectivity index (χ0v) is 8.44. The van der Waals surface area contributed by atoms with Gasteiger partial charge in [0.15, 0.2) is 0 Å². The van der Waals surface area contributed by atoms with Crippen molar-refractivity contribution in [3.8, 4) is 0 Å². The molecule has 2 aliphatic rings. The maximum absolute atomic E-state index is 3.80. The van der Waals surface area contributed by atoms with Gasteiger partial charge in [-0.15, -0.1) is 0 Å². The number of rotatable bonds is 0. The Labute approximate surface area is 77.1 Å². The summed E-state index contributed by atoms with van der Waals surface area (Å²) in [6, 6.07) is 0. The van der Waals surface area contributed by atoms with Gasteiger partial charge in [-0.1, -0.05) is 22.4 Å². The molecule has 0 bridgehead atoms. The van der Waals surface area contributed by atoms with Gasteiger partial charge in [0.2, 0.25) is 0 Å². The lowest BCUT2D eigenvalue weighted by atomic mass is 9.75. The second-order valence-corrected chi connectivity index (χ2v) is 5.04. The van der Waals surface area contributed by atoms with Gasteiger partial charge in [-0.05, 0) is 44.2 Å². The van der Waals surface area contributed by atoms with E-state index in [0.717, 1.165) is 16.7 Å². The van der Waals surface area contributed by atoms with Crippen molar-refractivity contribution in [2.75, 3.05) is 13.1 Å². The Morgan fingerprint density at radius 3 is 2.91 bits per heavy atom. The molecule has 1 heterocycles. The van der Waals surface area contributed by atoms with E-state index in [-0.39, 0.29) is 0 Å². The molecule has 2 fully saturated rings. The molecule has 0 aromatic rings. The fraction of sp³-hybridized carbons (Fsp3) is 1.00. The van der Waals surface area contributed by atoms with Crippen LogP contribution in [-0.4, -0.2) is 17.9 Å². The number of halogens is 1. The monoisotopic (exact) mass is 217 g/mol. The van der Waals surface area contributed by atoms with Crippen LogP contribution in [0.1, 0.15) is 25.7 Å². The second-order valence-electron chi connectivity index (χ2n) is 3.86. The molecule has 11 heavy (non-hydrogen) atoms. The van der Waals surface area contributed by atoms with Crippen LogP contribution in [0.3, 0.4) is 0 Å². The van der Waals surface area contributed by atoms with Crippen LogP contribution in [0, 0.1) is 11.8 Å². The highest BCUT2D eigenvalue weighted by Crippen LogP contribution is 2.37. The lowest BCUT2D eigenvalue weighted by molar-refractivity contribution is 0.195. The number of hydrogen-bond donors (Lipinski definition) is 1. The van der Waals surface area contributed by atoms with E-state index < -0.39 is 0 Å². The molecule has 0 radical (unpaired) electrons. The highest BCUT2D eigenvalue weighted by Gasteiger charge is 2.32. The fourth-order valence-electron chi connectivity index (χ4n) is 2.52. The Morgan fingerprint density at radius 2 is 2.09 bits per heavy atom. The summed E-state index contributed by atoms with van der Waals surface area (Å²) >= 11 is 3.80. The lowest BCUT2D eigenvalue weighted by Crippen LogP contribution is -2.42. The summed E-state index contributed by atoms with van der Waals surface area (Å²) < 4.78 is 0. The van der Waals surface area contributed by atoms with Crippen molar-refractivity contribution in [1.29, 1.82) is 0 Å². The molecule has 1 nitrogen and oxygen atoms in total. The minimum atomic E-state index is 0.823. The number of nitrogens with one attached hydrogen (secondary N) is 1. The third-order valence-electron chi connectivity index (χ3n) is 3.19. The van der Waals surface area contributed by atoms with Crippen molar-refractivity contribution < 1.29 is 0 Å². The molecular weight excluding hydrogens is 202 g/mol. The molecule has 3 atom stereocenters. The topological polar surface area (TPSA) is 12.0 Å². The summed E-state index contributed by atoms with van der Waals surface area (Å²) in [7, 11) is 0. The van der Waals surface area contributed by atoms with Gasteiger partial charge in [-0.25, -0.2) is 0 Å². The summed E-state index contributed by atoms with van der Waals surface area (Å²) in [5, 5.41) is 3.48. The van der Waals surface area contributed by atoms with E-state index in [9.17, 15) is 0 Å². The van der Waals surface area contributed by atoms with E-state index in [1.54, 1.807) is 0 Å². The summed E-state index contributed by atoms with van der Waals surface area (Å²) in [6.07, 6.45) is 5.68. The Bertz CT molecular complexity index is 136. The van der Waals surface area contributed by atoms with Crippen LogP contribution < -0.4 is 5.32 Å². The molecule has 64 valence electrons. The average Bonchev–Trinajstić information content (AvgIpc) is 2.06. The SMILES string of the molecule is Br[C@@H]1CCC[C@@H]2CNCC[C@@H]21. The maximum Gasteiger partial charge on any atom is 0.0177 e. The fourth-order valence-corrected chi connectivity index (χ4v) is 3.54. The maximum atomic E-state index is 3.80. The van der Waals surface area contributed by atoms with Gasteiger partial charge in [-0.2, -0.15) is 0 Å². The first-order chi connectivity index (χ1) is 5.38. The molecular formula is C9H16BrN. The average molecular weight is 218 g/mol. The smallest absolute Gasteiger partial charge is 0.0177 e. The summed E-state index contributed by atoms with van der Waals surface area (Å²) in [5.41, 5.74) is 0. The second kappa shape index (κ2) is 3.44. The lowest BCUT2D eigenvalue weighted by Gasteiger charge is -2.39. The number of hydrogen-bond acceptors (Lipinski definition) is 1. The van der Waals surface area contributed by atoms with Gasteiger partial charge < -0.3 is 5.32 Å². The Balaban J connectivity index is 1.99. The molecule has 0 aromatic carbocycles. The largest absolute Gasteiger partial charge is 0.316 e. The van der Waals surface area contributed by atoms with Gasteiger partial charge >= 0.3 is 0 Å². The molecule has 0 unspecified atom stereocenters. The molecule has 1 saturated carbocycles. The van der Waals surface area contributed by atoms with E-state index in [2.05, 4.69) is 21.2 Å². The highest BCUT2D eigenvalue weighted by atomic mass is 79.9. The van der Waals surface area contributed by atoms with E-state index in [0.29, 0.717) is 0 Å². The van der Waals surface area contributed by atoms with Crippen molar-refractivity contribution in [2.24, 2.45) is 11.8 Å². The van der Waals surface area contributed by atoms with Gasteiger partial charge in [0.1, 0.15) is 0 Å². The first-order valence-corrected chi connectivity index (χ1v) is 5.64. The van der Waals surface area contributed by atoms with E-state index in [1.807, 2.05) is 0 Å². The highest BCUT2D eigenvalue weighted by molar-refractivity contribution is 9.09. The summed E-state index contributed by atoms with van der Waals surface area (Å²) in [4.78, 5) is 0.823. The van der Waals surface area contributed by atoms with Crippen molar-refractivity contribution in [2.45, 2.75) is 30.5 Å². The van der Waals surface area contributed by atoms with Crippen LogP contribution in [0.4, 0.5) is 0 Å². The molecule has 0 aromatic heterocycles. The molecule has 1 aliphatic carbocycles. The van der Waals surface area contributed by atoms with Gasteiger partial charge in [0.05, 0.1) is 0 Å². The zero-order chi connectivity index (χ0) is 7.68. The van der Waals surface area contributed by atoms with E-state index in [1.165, 1.54) is 38.8 Å². The van der Waals surface area contributed by atoms with E-state index >= 15 is 0 Å². The third-order valence-corrected chi connectivity index (χ3v) is 4.32. The summed E-state index contributed by atoms with van der Waals surface area (Å²) in [6.45, 7) is 2.51. The summed E-state index contributed by atoms with van der Waals surface area (Å²) in [5.74, 6) is 1.95. The van der Waals surface area contributed by atoms with Crippen LogP contribution in [0.15, 0.2) is 0 Å². The molecule has 0 spiro atoms. The first-order valence-electron chi connectivity index (χ1n) is 4.72. The molecule has 2 rings (SSSR count). The third kappa shape index (κ3) is 1.62. The predicted octanol–water partition coefficient (Wildman–Crippen LogP) is 2.16. The van der Waals surface area contributed by atoms with Gasteiger partial charge in [0, 0.05) is 4.83 Å². The molecule has 1 aliphatic heterocycles. The standard InChI is InChI=1S/C9H16BrN/c10-9-3-1-2-7-6-11-5-4-8(7)9/h7-9,11H,1-6H2/t7-,8+,9-/m1/s1. The van der Waals surface area contributed by atoms with Gasteiger partial charge in [-0.3, -0.25) is 0 Å². The molecule has 0 amide bonds. The molecule has 2 heteroatoms. The van der Waals surface area contributed by atoms with Crippen molar-refractivity contribution in [3.63, 3.8) is 0 Å². The normalized spacial score (nSPS) is 45.0. The van der Waals surface area contributed by atoms with Crippen LogP contribution in [0.2, 0.25) is 0 Å². The van der Waals surface area contributed by atoms with Crippen LogP contribution in [0.25, 0.3) is 0 Å². The zero-order valence-electron chi connectivity index (χ0n) is 6.85. The number of fused-ring (bicyclic) bond motifs is 1. The quantitative estimate of drug-likeness (QED) is 0.614. The Morgan fingerprint density at radius 1 is 1.18 bits per heavy atom. The number of piperidine rings is 1. The van der Waals surface area contributed by atoms with Crippen LogP contribution >= 0.6 is 15.9 Å². The van der Waals surface area contributed by atoms with Crippen LogP contribution in [-0.2, 0) is 0 Å². The van der Waals surface area contributed by atoms with Crippen molar-refractivity contribution in [1.82, 2.24) is 5.32 Å². The first kappa shape index (κ1) is 8.06. The van der Waals surface area contributed by atoms with Crippen molar-refractivity contribution in [3.05, 3.63) is 0 Å². The van der Waals surface area contributed by atoms with E-state index in [4.69, 9.17) is 0 Å². The van der Waals surface area contributed by atoms with Crippen LogP contribution in [0.5, 0.6) is 0 Å². The number of alkyl halides is 1. The molecule has 1 saturated heterocycles. The Kier molecular flexibility index (Phi) is 2.52. The van der Waals surface area contributed by atoms with Crippen molar-refractivity contribution >= 4 is 15.9 Å². The minimum Gasteiger partial charge on any atom is -0.316 e.